The largest absolute Gasteiger partial charge is 0.383 e. The quantitative estimate of drug-likeness (QED) is 0.767. The summed E-state index contributed by atoms with van der Waals surface area (Å²) in [6.45, 7) is 3.10. The average molecular weight is 298 g/mol. The number of ether oxygens (including phenoxy) is 1. The predicted octanol–water partition coefficient (Wildman–Crippen LogP) is 0.688. The van der Waals surface area contributed by atoms with Crippen LogP contribution >= 0.6 is 0 Å². The van der Waals surface area contributed by atoms with Crippen LogP contribution in [0.2, 0.25) is 0 Å². The molecule has 0 radical (unpaired) electrons. The summed E-state index contributed by atoms with van der Waals surface area (Å²) >= 11 is 0. The molecule has 5 nitrogen and oxygen atoms in total. The van der Waals surface area contributed by atoms with Gasteiger partial charge in [-0.15, -0.1) is 0 Å². The van der Waals surface area contributed by atoms with Crippen LogP contribution < -0.4 is 0 Å². The molecule has 6 heteroatoms. The van der Waals surface area contributed by atoms with Crippen LogP contribution in [0.25, 0.3) is 0 Å². The molecule has 2 heterocycles. The third kappa shape index (κ3) is 2.78. The summed E-state index contributed by atoms with van der Waals surface area (Å²) in [6, 6.07) is 0. The van der Waals surface area contributed by atoms with Crippen molar-refractivity contribution in [1.82, 2.24) is 9.80 Å². The number of halogens is 1. The van der Waals surface area contributed by atoms with Crippen LogP contribution in [0.5, 0.6) is 0 Å². The summed E-state index contributed by atoms with van der Waals surface area (Å²) in [5.41, 5.74) is 0. The van der Waals surface area contributed by atoms with Gasteiger partial charge in [0.1, 0.15) is 6.17 Å². The van der Waals surface area contributed by atoms with Gasteiger partial charge in [-0.2, -0.15) is 0 Å². The highest BCUT2D eigenvalue weighted by molar-refractivity contribution is 5.84. The zero-order valence-electron chi connectivity index (χ0n) is 12.5. The molecule has 0 spiro atoms. The van der Waals surface area contributed by atoms with E-state index in [9.17, 15) is 14.0 Å². The number of methoxy groups -OCH3 is 1. The first-order valence-corrected chi connectivity index (χ1v) is 7.80. The van der Waals surface area contributed by atoms with Crippen LogP contribution in [0.1, 0.15) is 19.3 Å². The van der Waals surface area contributed by atoms with E-state index in [1.54, 1.807) is 12.0 Å². The predicted molar refractivity (Wildman–Crippen MR) is 74.3 cm³/mol. The molecule has 0 aromatic carbocycles. The van der Waals surface area contributed by atoms with Crippen molar-refractivity contribution in [3.63, 3.8) is 0 Å². The number of carbonyl (C=O) groups excluding carboxylic acids is 2. The first-order valence-electron chi connectivity index (χ1n) is 7.80. The number of carbonyl (C=O) groups is 2. The lowest BCUT2D eigenvalue weighted by molar-refractivity contribution is -0.141. The van der Waals surface area contributed by atoms with Crippen LogP contribution in [0.4, 0.5) is 4.39 Å². The second kappa shape index (κ2) is 5.91. The minimum atomic E-state index is -0.810. The lowest BCUT2D eigenvalue weighted by Crippen LogP contribution is -2.46. The van der Waals surface area contributed by atoms with Gasteiger partial charge >= 0.3 is 0 Å². The van der Waals surface area contributed by atoms with Gasteiger partial charge in [0.2, 0.25) is 11.8 Å². The molecule has 0 N–H and O–H groups in total. The standard InChI is InChI=1S/C15H23FN2O3/c1-21-5-4-17-3-2-10-8-18(9-13(10)15(17)20)14(19)11-6-12(16)7-11/h10-13H,2-9H2,1H3/t10-,11?,12?,13+/m0/s1. The van der Waals surface area contributed by atoms with Crippen LogP contribution in [-0.2, 0) is 14.3 Å². The number of amides is 2. The fourth-order valence-electron chi connectivity index (χ4n) is 3.72. The van der Waals surface area contributed by atoms with E-state index in [0.717, 1.165) is 13.0 Å². The molecule has 2 amide bonds. The Morgan fingerprint density at radius 3 is 2.81 bits per heavy atom. The Bertz CT molecular complexity index is 425. The molecule has 21 heavy (non-hydrogen) atoms. The topological polar surface area (TPSA) is 49.9 Å². The molecule has 3 fully saturated rings. The zero-order valence-corrected chi connectivity index (χ0v) is 12.5. The molecule has 2 atom stereocenters. The molecule has 0 aromatic rings. The van der Waals surface area contributed by atoms with Crippen LogP contribution in [0, 0.1) is 17.8 Å². The Labute approximate surface area is 124 Å². The summed E-state index contributed by atoms with van der Waals surface area (Å²) in [5, 5.41) is 0. The van der Waals surface area contributed by atoms with E-state index >= 15 is 0 Å². The summed E-state index contributed by atoms with van der Waals surface area (Å²) in [5.74, 6) is 0.257. The Morgan fingerprint density at radius 1 is 1.38 bits per heavy atom. The molecule has 2 saturated heterocycles. The van der Waals surface area contributed by atoms with E-state index in [0.29, 0.717) is 39.1 Å². The summed E-state index contributed by atoms with van der Waals surface area (Å²) in [6.07, 6.45) is 0.854. The second-order valence-electron chi connectivity index (χ2n) is 6.48. The highest BCUT2D eigenvalue weighted by Gasteiger charge is 2.46. The van der Waals surface area contributed by atoms with Crippen molar-refractivity contribution in [2.45, 2.75) is 25.4 Å². The number of fused-ring (bicyclic) bond motifs is 1. The van der Waals surface area contributed by atoms with E-state index in [4.69, 9.17) is 4.74 Å². The van der Waals surface area contributed by atoms with Gasteiger partial charge in [0.15, 0.2) is 0 Å². The summed E-state index contributed by atoms with van der Waals surface area (Å²) in [4.78, 5) is 28.4. The van der Waals surface area contributed by atoms with Crippen molar-refractivity contribution < 1.29 is 18.7 Å². The number of likely N-dealkylation sites (tertiary alicyclic amines) is 2. The molecule has 1 saturated carbocycles. The maximum absolute atomic E-state index is 12.9. The Hall–Kier alpha value is -1.17. The number of alkyl halides is 1. The number of nitrogens with zero attached hydrogens (tertiary/aromatic N) is 2. The van der Waals surface area contributed by atoms with E-state index in [1.165, 1.54) is 0 Å². The van der Waals surface area contributed by atoms with Gasteiger partial charge in [0, 0.05) is 39.2 Å². The second-order valence-corrected chi connectivity index (χ2v) is 6.48. The summed E-state index contributed by atoms with van der Waals surface area (Å²) < 4.78 is 17.9. The maximum atomic E-state index is 12.9. The minimum absolute atomic E-state index is 0.0505. The van der Waals surface area contributed by atoms with Crippen molar-refractivity contribution in [1.29, 1.82) is 0 Å². The number of hydrogen-bond acceptors (Lipinski definition) is 3. The lowest BCUT2D eigenvalue weighted by atomic mass is 9.82. The van der Waals surface area contributed by atoms with Crippen molar-refractivity contribution in [3.8, 4) is 0 Å². The van der Waals surface area contributed by atoms with Gasteiger partial charge in [-0.1, -0.05) is 0 Å². The fourth-order valence-corrected chi connectivity index (χ4v) is 3.72. The van der Waals surface area contributed by atoms with Gasteiger partial charge in [-0.05, 0) is 25.2 Å². The summed E-state index contributed by atoms with van der Waals surface area (Å²) in [7, 11) is 1.63. The third-order valence-electron chi connectivity index (χ3n) is 5.15. The highest BCUT2D eigenvalue weighted by Crippen LogP contribution is 2.36. The highest BCUT2D eigenvalue weighted by atomic mass is 19.1. The van der Waals surface area contributed by atoms with Gasteiger partial charge in [-0.3, -0.25) is 9.59 Å². The van der Waals surface area contributed by atoms with Gasteiger partial charge in [-0.25, -0.2) is 4.39 Å². The number of hydrogen-bond donors (Lipinski definition) is 0. The molecular formula is C15H23FN2O3. The number of piperidine rings is 1. The molecule has 0 bridgehead atoms. The molecule has 3 aliphatic rings. The van der Waals surface area contributed by atoms with Crippen LogP contribution in [0.15, 0.2) is 0 Å². The lowest BCUT2D eigenvalue weighted by Gasteiger charge is -2.33. The smallest absolute Gasteiger partial charge is 0.227 e. The van der Waals surface area contributed by atoms with Crippen molar-refractivity contribution >= 4 is 11.8 Å². The Kier molecular flexibility index (Phi) is 4.15. The van der Waals surface area contributed by atoms with Crippen molar-refractivity contribution in [2.24, 2.45) is 17.8 Å². The zero-order chi connectivity index (χ0) is 15.0. The van der Waals surface area contributed by atoms with Crippen molar-refractivity contribution in [2.75, 3.05) is 39.9 Å². The van der Waals surface area contributed by atoms with Crippen LogP contribution in [0.3, 0.4) is 0 Å². The molecule has 118 valence electrons. The van der Waals surface area contributed by atoms with Gasteiger partial charge in [0.25, 0.3) is 0 Å². The number of rotatable bonds is 4. The van der Waals surface area contributed by atoms with Gasteiger partial charge in [0.05, 0.1) is 12.5 Å². The molecular weight excluding hydrogens is 275 g/mol. The fraction of sp³-hybridized carbons (Fsp3) is 0.867. The Balaban J connectivity index is 1.57. The van der Waals surface area contributed by atoms with E-state index in [1.807, 2.05) is 4.90 Å². The van der Waals surface area contributed by atoms with Crippen LogP contribution in [-0.4, -0.2) is 67.7 Å². The first-order chi connectivity index (χ1) is 10.1. The molecule has 0 aromatic heterocycles. The molecule has 2 aliphatic heterocycles. The first kappa shape index (κ1) is 14.8. The molecule has 0 unspecified atom stereocenters. The monoisotopic (exact) mass is 298 g/mol. The van der Waals surface area contributed by atoms with E-state index in [-0.39, 0.29) is 29.6 Å². The normalized spacial score (nSPS) is 35.6. The molecule has 1 aliphatic carbocycles. The van der Waals surface area contributed by atoms with Gasteiger partial charge < -0.3 is 14.5 Å². The Morgan fingerprint density at radius 2 is 2.14 bits per heavy atom. The minimum Gasteiger partial charge on any atom is -0.383 e. The third-order valence-corrected chi connectivity index (χ3v) is 5.15. The van der Waals surface area contributed by atoms with E-state index in [2.05, 4.69) is 0 Å². The average Bonchev–Trinajstić information content (AvgIpc) is 2.87. The van der Waals surface area contributed by atoms with Crippen molar-refractivity contribution in [3.05, 3.63) is 0 Å². The SMILES string of the molecule is COCCN1CC[C@H]2CN(C(=O)C3CC(F)C3)C[C@H]2C1=O. The van der Waals surface area contributed by atoms with E-state index < -0.39 is 6.17 Å². The molecule has 3 rings (SSSR count). The maximum Gasteiger partial charge on any atom is 0.227 e.